The Hall–Kier alpha value is -2.28. The molecule has 0 saturated carbocycles. The summed E-state index contributed by atoms with van der Waals surface area (Å²) in [5, 5.41) is 0.668. The molecule has 0 saturated heterocycles. The second-order valence-corrected chi connectivity index (χ2v) is 7.64. The fraction of sp³-hybridized carbons (Fsp3) is 0.263. The minimum absolute atomic E-state index is 0.249. The van der Waals surface area contributed by atoms with Crippen molar-refractivity contribution in [2.24, 2.45) is 4.36 Å². The molecule has 0 radical (unpaired) electrons. The molecule has 26 heavy (non-hydrogen) atoms. The molecule has 3 nitrogen and oxygen atoms in total. The van der Waals surface area contributed by atoms with Gasteiger partial charge in [-0.1, -0.05) is 30.6 Å². The normalized spacial score (nSPS) is 13.3. The summed E-state index contributed by atoms with van der Waals surface area (Å²) in [6.07, 6.45) is 2.76. The van der Waals surface area contributed by atoms with E-state index in [2.05, 4.69) is 14.3 Å². The molecule has 0 spiro atoms. The van der Waals surface area contributed by atoms with Crippen molar-refractivity contribution in [3.63, 3.8) is 0 Å². The predicted molar refractivity (Wildman–Crippen MR) is 98.4 cm³/mol. The van der Waals surface area contributed by atoms with E-state index in [4.69, 9.17) is 0 Å². The Morgan fingerprint density at radius 2 is 1.92 bits per heavy atom. The van der Waals surface area contributed by atoms with Crippen LogP contribution in [0.4, 0.5) is 18.9 Å². The highest BCUT2D eigenvalue weighted by Crippen LogP contribution is 2.31. The van der Waals surface area contributed by atoms with E-state index in [1.165, 1.54) is 31.3 Å². The zero-order chi connectivity index (χ0) is 18.7. The molecule has 0 aliphatic carbocycles. The van der Waals surface area contributed by atoms with Crippen LogP contribution in [-0.2, 0) is 16.6 Å². The highest BCUT2D eigenvalue weighted by Gasteiger charge is 2.30. The number of rotatable bonds is 5. The van der Waals surface area contributed by atoms with Gasteiger partial charge in [-0.25, -0.2) is 8.75 Å². The van der Waals surface area contributed by atoms with E-state index in [9.17, 15) is 13.2 Å². The van der Waals surface area contributed by atoms with Crippen LogP contribution in [0.25, 0.3) is 10.9 Å². The van der Waals surface area contributed by atoms with Gasteiger partial charge < -0.3 is 0 Å². The smallest absolute Gasteiger partial charge is 0.254 e. The van der Waals surface area contributed by atoms with Crippen LogP contribution < -0.4 is 0 Å². The van der Waals surface area contributed by atoms with Gasteiger partial charge >= 0.3 is 0 Å². The van der Waals surface area contributed by atoms with Gasteiger partial charge in [0.25, 0.3) is 5.92 Å². The average Bonchev–Trinajstić information content (AvgIpc) is 2.66. The van der Waals surface area contributed by atoms with Gasteiger partial charge in [-0.15, -0.1) is 0 Å². The molecule has 3 aromatic rings. The summed E-state index contributed by atoms with van der Waals surface area (Å²) >= 11 is 0. The summed E-state index contributed by atoms with van der Waals surface area (Å²) in [7, 11) is -0.636. The Balaban J connectivity index is 2.04. The van der Waals surface area contributed by atoms with Gasteiger partial charge in [-0.3, -0.25) is 9.97 Å². The van der Waals surface area contributed by atoms with Crippen molar-refractivity contribution >= 4 is 27.3 Å². The number of halogens is 3. The summed E-state index contributed by atoms with van der Waals surface area (Å²) < 4.78 is 46.0. The number of pyridine rings is 2. The van der Waals surface area contributed by atoms with Gasteiger partial charge in [0.1, 0.15) is 11.5 Å². The second-order valence-electron chi connectivity index (χ2n) is 5.68. The first-order valence-electron chi connectivity index (χ1n) is 8.26. The highest BCUT2D eigenvalue weighted by molar-refractivity contribution is 7.87. The standard InChI is InChI=1S/C19H18F3N3S/c1-3-19(21,22)17-8-7-15(12-24-17)26(4-2)25-16-11-14(20)10-13-6-5-9-23-18(13)16/h5-12H,3-4H2,1-2H3. The van der Waals surface area contributed by atoms with E-state index in [1.807, 2.05) is 6.92 Å². The fourth-order valence-corrected chi connectivity index (χ4v) is 3.87. The first-order chi connectivity index (χ1) is 12.4. The summed E-state index contributed by atoms with van der Waals surface area (Å²) in [4.78, 5) is 8.94. The number of hydrogen-bond acceptors (Lipinski definition) is 3. The predicted octanol–water partition coefficient (Wildman–Crippen LogP) is 5.78. The number of benzene rings is 1. The Bertz CT molecular complexity index is 956. The molecular weight excluding hydrogens is 359 g/mol. The summed E-state index contributed by atoms with van der Waals surface area (Å²) in [5.74, 6) is -2.68. The zero-order valence-corrected chi connectivity index (χ0v) is 15.2. The fourth-order valence-electron chi connectivity index (χ4n) is 2.53. The highest BCUT2D eigenvalue weighted by atomic mass is 32.2. The molecular formula is C19H18F3N3S. The monoisotopic (exact) mass is 377 g/mol. The lowest BCUT2D eigenvalue weighted by Gasteiger charge is -2.14. The van der Waals surface area contributed by atoms with Crippen molar-refractivity contribution in [1.82, 2.24) is 9.97 Å². The van der Waals surface area contributed by atoms with Crippen LogP contribution in [0.3, 0.4) is 0 Å². The van der Waals surface area contributed by atoms with Gasteiger partial charge in [-0.05, 0) is 24.3 Å². The van der Waals surface area contributed by atoms with E-state index >= 15 is 0 Å². The lowest BCUT2D eigenvalue weighted by atomic mass is 10.2. The Labute approximate surface area is 152 Å². The number of aromatic nitrogens is 2. The van der Waals surface area contributed by atoms with Crippen LogP contribution in [0, 0.1) is 5.82 Å². The second kappa shape index (κ2) is 7.53. The number of fused-ring (bicyclic) bond motifs is 1. The molecule has 1 unspecified atom stereocenters. The molecule has 0 fully saturated rings. The minimum atomic E-state index is -2.94. The van der Waals surface area contributed by atoms with E-state index < -0.39 is 16.6 Å². The molecule has 2 aromatic heterocycles. The van der Waals surface area contributed by atoms with Crippen LogP contribution in [0.2, 0.25) is 0 Å². The topological polar surface area (TPSA) is 38.1 Å². The third-order valence-electron chi connectivity index (χ3n) is 3.96. The molecule has 2 heterocycles. The van der Waals surface area contributed by atoms with Gasteiger partial charge in [0, 0.05) is 40.9 Å². The molecule has 1 aromatic carbocycles. The van der Waals surface area contributed by atoms with Crippen molar-refractivity contribution < 1.29 is 13.2 Å². The number of hydrogen-bond donors (Lipinski definition) is 0. The Morgan fingerprint density at radius 1 is 1.12 bits per heavy atom. The van der Waals surface area contributed by atoms with Gasteiger partial charge in [-0.2, -0.15) is 8.78 Å². The molecule has 0 amide bonds. The molecule has 0 aliphatic rings. The van der Waals surface area contributed by atoms with Crippen molar-refractivity contribution in [2.75, 3.05) is 5.75 Å². The first kappa shape index (κ1) is 18.5. The van der Waals surface area contributed by atoms with Gasteiger partial charge in [0.2, 0.25) is 0 Å². The van der Waals surface area contributed by atoms with Crippen molar-refractivity contribution in [3.05, 3.63) is 60.3 Å². The van der Waals surface area contributed by atoms with Crippen LogP contribution in [0.15, 0.2) is 58.1 Å². The van der Waals surface area contributed by atoms with Gasteiger partial charge in [0.05, 0.1) is 11.2 Å². The molecule has 0 aliphatic heterocycles. The van der Waals surface area contributed by atoms with E-state index in [-0.39, 0.29) is 17.9 Å². The van der Waals surface area contributed by atoms with E-state index in [1.54, 1.807) is 24.4 Å². The Kier molecular flexibility index (Phi) is 5.36. The lowest BCUT2D eigenvalue weighted by Crippen LogP contribution is -2.13. The van der Waals surface area contributed by atoms with Crippen LogP contribution in [0.5, 0.6) is 0 Å². The Morgan fingerprint density at radius 3 is 2.58 bits per heavy atom. The van der Waals surface area contributed by atoms with Crippen molar-refractivity contribution in [1.29, 1.82) is 0 Å². The molecule has 7 heteroatoms. The maximum Gasteiger partial charge on any atom is 0.289 e. The van der Waals surface area contributed by atoms with Crippen LogP contribution >= 0.6 is 0 Å². The first-order valence-corrected chi connectivity index (χ1v) is 9.61. The number of nitrogens with zero attached hydrogens (tertiary/aromatic N) is 3. The SMILES string of the molecule is CCS(=Nc1cc(F)cc2cccnc12)c1ccc(C(F)(F)CC)nc1. The maximum atomic E-state index is 13.9. The van der Waals surface area contributed by atoms with E-state index in [0.717, 1.165) is 4.90 Å². The lowest BCUT2D eigenvalue weighted by molar-refractivity contribution is -0.0128. The van der Waals surface area contributed by atoms with E-state index in [0.29, 0.717) is 22.3 Å². The number of alkyl halides is 2. The van der Waals surface area contributed by atoms with Gasteiger partial charge in [0.15, 0.2) is 0 Å². The summed E-state index contributed by atoms with van der Waals surface area (Å²) in [6, 6.07) is 9.23. The molecule has 136 valence electrons. The third kappa shape index (κ3) is 3.77. The largest absolute Gasteiger partial charge is 0.289 e. The third-order valence-corrected chi connectivity index (χ3v) is 5.71. The summed E-state index contributed by atoms with van der Waals surface area (Å²) in [5.41, 5.74) is 0.817. The van der Waals surface area contributed by atoms with Crippen LogP contribution in [-0.4, -0.2) is 15.7 Å². The zero-order valence-electron chi connectivity index (χ0n) is 14.4. The minimum Gasteiger partial charge on any atom is -0.254 e. The molecule has 3 rings (SSSR count). The molecule has 1 atom stereocenters. The molecule has 0 bridgehead atoms. The van der Waals surface area contributed by atoms with Crippen molar-refractivity contribution in [2.45, 2.75) is 31.1 Å². The van der Waals surface area contributed by atoms with Crippen molar-refractivity contribution in [3.8, 4) is 0 Å². The maximum absolute atomic E-state index is 13.9. The average molecular weight is 377 g/mol. The van der Waals surface area contributed by atoms with Crippen LogP contribution in [0.1, 0.15) is 26.0 Å². The molecule has 0 N–H and O–H groups in total. The quantitative estimate of drug-likeness (QED) is 0.565. The summed E-state index contributed by atoms with van der Waals surface area (Å²) in [6.45, 7) is 3.36.